The molecule has 7 nitrogen and oxygen atoms in total. The number of carbonyl (C=O) groups is 3. The predicted octanol–water partition coefficient (Wildman–Crippen LogP) is 2.66. The molecule has 1 N–H and O–H groups in total. The van der Waals surface area contributed by atoms with E-state index in [1.807, 2.05) is 0 Å². The second-order valence-electron chi connectivity index (χ2n) is 7.96. The highest BCUT2D eigenvalue weighted by Gasteiger charge is 2.40. The van der Waals surface area contributed by atoms with E-state index in [1.165, 1.54) is 17.0 Å². The number of amides is 4. The molecule has 0 saturated carbocycles. The van der Waals surface area contributed by atoms with Gasteiger partial charge in [0.2, 0.25) is 11.8 Å². The standard InChI is InChI=1S/C22H20F3N3O4/c23-22(24,25)15-5-3-4-14(12-15)21(32)8-10-27(11-9-21)18(29)13-28-19(30)16-6-1-2-7-17(16)26-20(28)31/h1-7,12,16,32H,8-11,13H2. The van der Waals surface area contributed by atoms with Crippen LogP contribution in [0.25, 0.3) is 0 Å². The Morgan fingerprint density at radius 2 is 1.91 bits per heavy atom. The van der Waals surface area contributed by atoms with E-state index >= 15 is 0 Å². The van der Waals surface area contributed by atoms with E-state index < -0.39 is 47.6 Å². The number of nitrogens with zero attached hydrogens (tertiary/aromatic N) is 3. The first-order chi connectivity index (χ1) is 15.1. The molecular weight excluding hydrogens is 427 g/mol. The summed E-state index contributed by atoms with van der Waals surface area (Å²) in [6.07, 6.45) is 2.02. The molecule has 0 bridgehead atoms. The Morgan fingerprint density at radius 3 is 2.59 bits per heavy atom. The number of alkyl halides is 3. The van der Waals surface area contributed by atoms with Gasteiger partial charge in [-0.2, -0.15) is 18.2 Å². The molecule has 168 valence electrons. The summed E-state index contributed by atoms with van der Waals surface area (Å²) in [6.45, 7) is -0.338. The second kappa shape index (κ2) is 8.01. The molecule has 0 aromatic heterocycles. The van der Waals surface area contributed by atoms with Gasteiger partial charge in [-0.1, -0.05) is 30.4 Å². The molecule has 1 saturated heterocycles. The number of rotatable bonds is 3. The lowest BCUT2D eigenvalue weighted by atomic mass is 9.83. The molecule has 1 fully saturated rings. The summed E-state index contributed by atoms with van der Waals surface area (Å²) < 4.78 is 39.0. The Bertz CT molecular complexity index is 1050. The van der Waals surface area contributed by atoms with Gasteiger partial charge in [0, 0.05) is 13.1 Å². The van der Waals surface area contributed by atoms with Crippen LogP contribution in [0.3, 0.4) is 0 Å². The summed E-state index contributed by atoms with van der Waals surface area (Å²) in [5.74, 6) is -1.74. The van der Waals surface area contributed by atoms with Crippen molar-refractivity contribution < 1.29 is 32.7 Å². The Balaban J connectivity index is 1.41. The summed E-state index contributed by atoms with van der Waals surface area (Å²) >= 11 is 0. The number of aliphatic hydroxyl groups is 1. The maximum Gasteiger partial charge on any atom is 0.416 e. The van der Waals surface area contributed by atoms with Gasteiger partial charge in [0.05, 0.1) is 22.8 Å². The van der Waals surface area contributed by atoms with Crippen LogP contribution in [-0.4, -0.2) is 58.1 Å². The van der Waals surface area contributed by atoms with Gasteiger partial charge in [-0.25, -0.2) is 4.79 Å². The first-order valence-corrected chi connectivity index (χ1v) is 10.1. The van der Waals surface area contributed by atoms with Crippen LogP contribution in [0.15, 0.2) is 53.6 Å². The summed E-state index contributed by atoms with van der Waals surface area (Å²) in [6, 6.07) is 3.71. The van der Waals surface area contributed by atoms with E-state index in [4.69, 9.17) is 0 Å². The fourth-order valence-corrected chi connectivity index (χ4v) is 4.06. The lowest BCUT2D eigenvalue weighted by Gasteiger charge is -2.39. The summed E-state index contributed by atoms with van der Waals surface area (Å²) in [7, 11) is 0. The topological polar surface area (TPSA) is 90.3 Å². The van der Waals surface area contributed by atoms with E-state index in [0.717, 1.165) is 17.0 Å². The van der Waals surface area contributed by atoms with Gasteiger partial charge in [-0.05, 0) is 36.6 Å². The number of urea groups is 1. The minimum atomic E-state index is -4.53. The summed E-state index contributed by atoms with van der Waals surface area (Å²) in [5.41, 5.74) is -1.89. The largest absolute Gasteiger partial charge is 0.416 e. The van der Waals surface area contributed by atoms with Gasteiger partial charge in [0.1, 0.15) is 6.54 Å². The third-order valence-corrected chi connectivity index (χ3v) is 5.95. The molecule has 1 aliphatic carbocycles. The molecule has 1 atom stereocenters. The minimum absolute atomic E-state index is 0.0282. The first-order valence-electron chi connectivity index (χ1n) is 10.1. The number of piperidine rings is 1. The molecule has 4 amide bonds. The molecule has 3 aliphatic rings. The third-order valence-electron chi connectivity index (χ3n) is 5.95. The van der Waals surface area contributed by atoms with Gasteiger partial charge in [0.25, 0.3) is 0 Å². The number of allylic oxidation sites excluding steroid dienone is 3. The summed E-state index contributed by atoms with van der Waals surface area (Å²) in [5, 5.41) is 10.9. The molecule has 0 spiro atoms. The summed E-state index contributed by atoms with van der Waals surface area (Å²) in [4.78, 5) is 43.6. The van der Waals surface area contributed by atoms with Crippen molar-refractivity contribution in [3.63, 3.8) is 0 Å². The third kappa shape index (κ3) is 4.10. The Kier molecular flexibility index (Phi) is 5.49. The van der Waals surface area contributed by atoms with E-state index in [2.05, 4.69) is 4.99 Å². The Hall–Kier alpha value is -3.27. The maximum absolute atomic E-state index is 13.0. The number of imide groups is 1. The van der Waals surface area contributed by atoms with Crippen LogP contribution in [-0.2, 0) is 21.4 Å². The molecule has 0 radical (unpaired) electrons. The highest BCUT2D eigenvalue weighted by Crippen LogP contribution is 2.36. The fourth-order valence-electron chi connectivity index (χ4n) is 4.06. The molecule has 1 unspecified atom stereocenters. The van der Waals surface area contributed by atoms with E-state index in [-0.39, 0.29) is 31.5 Å². The van der Waals surface area contributed by atoms with E-state index in [9.17, 15) is 32.7 Å². The monoisotopic (exact) mass is 447 g/mol. The van der Waals surface area contributed by atoms with E-state index in [0.29, 0.717) is 5.71 Å². The number of likely N-dealkylation sites (tertiary alicyclic amines) is 1. The van der Waals surface area contributed by atoms with Gasteiger partial charge in [-0.3, -0.25) is 14.5 Å². The predicted molar refractivity (Wildman–Crippen MR) is 107 cm³/mol. The van der Waals surface area contributed by atoms with Crippen LogP contribution in [0, 0.1) is 5.92 Å². The van der Waals surface area contributed by atoms with Gasteiger partial charge >= 0.3 is 12.2 Å². The van der Waals surface area contributed by atoms with Crippen LogP contribution in [0.2, 0.25) is 0 Å². The lowest BCUT2D eigenvalue weighted by Crippen LogP contribution is -2.52. The molecule has 1 aromatic carbocycles. The highest BCUT2D eigenvalue weighted by atomic mass is 19.4. The zero-order chi connectivity index (χ0) is 23.1. The molecule has 4 rings (SSSR count). The Morgan fingerprint density at radius 1 is 1.19 bits per heavy atom. The van der Waals surface area contributed by atoms with Crippen molar-refractivity contribution in [1.29, 1.82) is 0 Å². The van der Waals surface area contributed by atoms with Crippen molar-refractivity contribution in [3.05, 3.63) is 59.7 Å². The molecule has 1 aromatic rings. The molecule has 10 heteroatoms. The first kappa shape index (κ1) is 21.9. The van der Waals surface area contributed by atoms with Crippen LogP contribution in [0.1, 0.15) is 24.0 Å². The van der Waals surface area contributed by atoms with Crippen LogP contribution < -0.4 is 0 Å². The molecular formula is C22H20F3N3O4. The fraction of sp³-hybridized carbons (Fsp3) is 0.364. The molecule has 2 aliphatic heterocycles. The zero-order valence-electron chi connectivity index (χ0n) is 16.9. The van der Waals surface area contributed by atoms with Crippen molar-refractivity contribution in [1.82, 2.24) is 9.80 Å². The van der Waals surface area contributed by atoms with E-state index in [1.54, 1.807) is 24.3 Å². The number of carbonyl (C=O) groups excluding carboxylic acids is 3. The number of hydrogen-bond acceptors (Lipinski definition) is 4. The number of benzene rings is 1. The van der Waals surface area contributed by atoms with Crippen LogP contribution in [0.4, 0.5) is 18.0 Å². The van der Waals surface area contributed by atoms with Crippen molar-refractivity contribution in [2.24, 2.45) is 10.9 Å². The quantitative estimate of drug-likeness (QED) is 0.772. The lowest BCUT2D eigenvalue weighted by molar-refractivity contribution is -0.141. The average Bonchev–Trinajstić information content (AvgIpc) is 2.76. The molecule has 2 heterocycles. The average molecular weight is 447 g/mol. The zero-order valence-corrected chi connectivity index (χ0v) is 16.9. The van der Waals surface area contributed by atoms with Crippen molar-refractivity contribution >= 4 is 23.6 Å². The molecule has 32 heavy (non-hydrogen) atoms. The second-order valence-corrected chi connectivity index (χ2v) is 7.96. The van der Waals surface area contributed by atoms with Crippen molar-refractivity contribution in [3.8, 4) is 0 Å². The smallest absolute Gasteiger partial charge is 0.385 e. The number of halogens is 3. The van der Waals surface area contributed by atoms with Crippen LogP contribution in [0.5, 0.6) is 0 Å². The van der Waals surface area contributed by atoms with Crippen LogP contribution >= 0.6 is 0 Å². The number of hydrogen-bond donors (Lipinski definition) is 1. The number of aliphatic imine (C=N–C) groups is 1. The SMILES string of the molecule is O=C(CN1C(=O)N=C2C=CC=CC2C1=O)N1CCC(O)(c2cccc(C(F)(F)F)c2)CC1. The minimum Gasteiger partial charge on any atom is -0.385 e. The highest BCUT2D eigenvalue weighted by molar-refractivity contribution is 6.22. The number of fused-ring (bicyclic) bond motifs is 1. The van der Waals surface area contributed by atoms with Gasteiger partial charge in [0.15, 0.2) is 0 Å². The van der Waals surface area contributed by atoms with Gasteiger partial charge < -0.3 is 10.0 Å². The van der Waals surface area contributed by atoms with Crippen molar-refractivity contribution in [2.75, 3.05) is 19.6 Å². The van der Waals surface area contributed by atoms with Gasteiger partial charge in [-0.15, -0.1) is 0 Å². The maximum atomic E-state index is 13.0. The van der Waals surface area contributed by atoms with Crippen molar-refractivity contribution in [2.45, 2.75) is 24.6 Å². The Labute approximate surface area is 181 Å². The normalized spacial score (nSPS) is 22.6.